The molecule has 0 spiro atoms. The summed E-state index contributed by atoms with van der Waals surface area (Å²) >= 11 is 0. The Balaban J connectivity index is 2.29. The summed E-state index contributed by atoms with van der Waals surface area (Å²) in [5.74, 6) is -1.38. The van der Waals surface area contributed by atoms with Gasteiger partial charge in [0.05, 0.1) is 10.4 Å². The van der Waals surface area contributed by atoms with Gasteiger partial charge in [-0.15, -0.1) is 0 Å². The normalized spacial score (nSPS) is 13.1. The molecule has 0 saturated carbocycles. The number of benzene rings is 1. The molecule has 0 radical (unpaired) electrons. The van der Waals surface area contributed by atoms with Crippen molar-refractivity contribution < 1.29 is 14.8 Å². The monoisotopic (exact) mass is 266 g/mol. The Kier molecular flexibility index (Phi) is 2.35. The molecule has 7 heteroatoms. The van der Waals surface area contributed by atoms with Crippen LogP contribution >= 0.6 is 0 Å². The lowest BCUT2D eigenvalue weighted by atomic mass is 10.2. The molecule has 0 fully saturated rings. The largest absolute Gasteiger partial charge is 0.378 e. The van der Waals surface area contributed by atoms with Gasteiger partial charge in [0.2, 0.25) is 5.82 Å². The molecule has 1 heterocycles. The number of nitrogens with zero attached hydrogens (tertiary/aromatic N) is 2. The van der Waals surface area contributed by atoms with E-state index in [2.05, 4.69) is 10.3 Å². The molecule has 0 amide bonds. The van der Waals surface area contributed by atoms with Gasteiger partial charge in [0.1, 0.15) is 11.6 Å². The van der Waals surface area contributed by atoms with Gasteiger partial charge >= 0.3 is 5.69 Å². The summed E-state index contributed by atoms with van der Waals surface area (Å²) in [6.07, 6.45) is 0. The van der Waals surface area contributed by atoms with Crippen molar-refractivity contribution in [2.75, 3.05) is 11.1 Å². The smallest absolute Gasteiger partial charge is 0.311 e. The molecule has 0 aliphatic rings. The van der Waals surface area contributed by atoms with Crippen LogP contribution in [0.1, 0.15) is 11.0 Å². The van der Waals surface area contributed by atoms with Crippen LogP contribution in [0.5, 0.6) is 0 Å². The van der Waals surface area contributed by atoms with E-state index in [0.717, 1.165) is 6.07 Å². The highest BCUT2D eigenvalue weighted by Gasteiger charge is 2.12. The summed E-state index contributed by atoms with van der Waals surface area (Å²) in [4.78, 5) is 13.7. The predicted octanol–water partition coefficient (Wildman–Crippen LogP) is 2.32. The first-order chi connectivity index (χ1) is 10.7. The van der Waals surface area contributed by atoms with E-state index < -0.39 is 34.9 Å². The molecule has 0 aliphatic heterocycles. The van der Waals surface area contributed by atoms with E-state index in [1.807, 2.05) is 0 Å². The molecule has 0 saturated heterocycles. The number of nitrogens with two attached hydrogens (primary N) is 1. The van der Waals surface area contributed by atoms with E-state index in [0.29, 0.717) is 0 Å². The number of rotatable bonds is 4. The molecular formula is C12H11FN4O2. The second-order valence-corrected chi connectivity index (χ2v) is 3.50. The van der Waals surface area contributed by atoms with Crippen molar-refractivity contribution in [3.8, 4) is 0 Å². The third kappa shape index (κ3) is 3.15. The lowest BCUT2D eigenvalue weighted by molar-refractivity contribution is -0.384. The zero-order chi connectivity index (χ0) is 17.3. The summed E-state index contributed by atoms with van der Waals surface area (Å²) in [5, 5.41) is 13.3. The second kappa shape index (κ2) is 5.30. The molecule has 2 rings (SSSR count). The number of hydrogen-bond donors (Lipinski definition) is 2. The van der Waals surface area contributed by atoms with E-state index in [-0.39, 0.29) is 29.4 Å². The summed E-state index contributed by atoms with van der Waals surface area (Å²) in [6.45, 7) is -0.181. The van der Waals surface area contributed by atoms with Gasteiger partial charge in [-0.3, -0.25) is 10.1 Å². The molecule has 1 aromatic carbocycles. The fourth-order valence-electron chi connectivity index (χ4n) is 1.31. The van der Waals surface area contributed by atoms with E-state index in [9.17, 15) is 14.5 Å². The van der Waals surface area contributed by atoms with Gasteiger partial charge in [-0.2, -0.15) is 0 Å². The second-order valence-electron chi connectivity index (χ2n) is 3.50. The Morgan fingerprint density at radius 3 is 2.68 bits per heavy atom. The molecule has 6 nitrogen and oxygen atoms in total. The number of pyridine rings is 1. The fourth-order valence-corrected chi connectivity index (χ4v) is 1.31. The van der Waals surface area contributed by atoms with E-state index in [1.165, 1.54) is 6.07 Å². The highest BCUT2D eigenvalue weighted by Crippen LogP contribution is 2.20. The molecule has 2 aromatic rings. The first-order valence-corrected chi connectivity index (χ1v) is 5.13. The Morgan fingerprint density at radius 1 is 1.42 bits per heavy atom. The summed E-state index contributed by atoms with van der Waals surface area (Å²) in [5.41, 5.74) is 5.03. The van der Waals surface area contributed by atoms with Crippen LogP contribution in [0.4, 0.5) is 21.7 Å². The lowest BCUT2D eigenvalue weighted by Gasteiger charge is -2.06. The Morgan fingerprint density at radius 2 is 2.11 bits per heavy atom. The molecule has 3 N–H and O–H groups in total. The van der Waals surface area contributed by atoms with Gasteiger partial charge in [-0.05, 0) is 23.7 Å². The zero-order valence-electron chi connectivity index (χ0n) is 13.5. The summed E-state index contributed by atoms with van der Waals surface area (Å²) < 4.78 is 43.6. The van der Waals surface area contributed by atoms with Crippen molar-refractivity contribution in [1.82, 2.24) is 4.98 Å². The van der Waals surface area contributed by atoms with Gasteiger partial charge in [-0.1, -0.05) is 12.1 Å². The van der Waals surface area contributed by atoms with Crippen molar-refractivity contribution in [2.24, 2.45) is 0 Å². The van der Waals surface area contributed by atoms with Crippen LogP contribution < -0.4 is 11.1 Å². The van der Waals surface area contributed by atoms with Gasteiger partial charge in [0.25, 0.3) is 0 Å². The maximum Gasteiger partial charge on any atom is 0.311 e. The standard InChI is InChI=1S/C12H11FN4O2/c13-9-3-1-8(2-4-9)7-15-11-6-5-10(17(18)19)12(14)16-11/h1-6H,7H2,(H3,14,15,16)/i1D,2D,3D,4D. The highest BCUT2D eigenvalue weighted by molar-refractivity contribution is 5.57. The van der Waals surface area contributed by atoms with Crippen molar-refractivity contribution in [3.05, 3.63) is 57.8 Å². The predicted molar refractivity (Wildman–Crippen MR) is 69.0 cm³/mol. The SMILES string of the molecule is [2H]c1c([2H])c(CNc2ccc([N+](=O)[O-])c(N)n2)c([2H])c([2H])c1F. The van der Waals surface area contributed by atoms with Crippen LogP contribution in [0.15, 0.2) is 36.3 Å². The van der Waals surface area contributed by atoms with Gasteiger partial charge in [0, 0.05) is 12.6 Å². The minimum atomic E-state index is -1.22. The minimum absolute atomic E-state index is 0.0554. The average molecular weight is 266 g/mol. The molecule has 19 heavy (non-hydrogen) atoms. The Hall–Kier alpha value is -2.70. The lowest BCUT2D eigenvalue weighted by Crippen LogP contribution is -2.04. The van der Waals surface area contributed by atoms with Crippen LogP contribution in [0.25, 0.3) is 0 Å². The van der Waals surface area contributed by atoms with Gasteiger partial charge in [0.15, 0.2) is 0 Å². The fraction of sp³-hybridized carbons (Fsp3) is 0.0833. The van der Waals surface area contributed by atoms with Gasteiger partial charge in [-0.25, -0.2) is 9.37 Å². The number of nitro groups is 1. The van der Waals surface area contributed by atoms with Crippen LogP contribution in [0, 0.1) is 15.9 Å². The first-order valence-electron chi connectivity index (χ1n) is 7.13. The molecule has 98 valence electrons. The summed E-state index contributed by atoms with van der Waals surface area (Å²) in [6, 6.07) is -0.117. The Bertz CT molecular complexity index is 774. The van der Waals surface area contributed by atoms with Crippen LogP contribution in [-0.2, 0) is 6.54 Å². The molecular weight excluding hydrogens is 251 g/mol. The highest BCUT2D eigenvalue weighted by atomic mass is 19.1. The number of aromatic nitrogens is 1. The van der Waals surface area contributed by atoms with Crippen molar-refractivity contribution >= 4 is 17.3 Å². The van der Waals surface area contributed by atoms with Gasteiger partial charge < -0.3 is 11.1 Å². The van der Waals surface area contributed by atoms with Crippen LogP contribution in [0.3, 0.4) is 0 Å². The molecule has 0 atom stereocenters. The molecule has 0 aliphatic carbocycles. The number of hydrogen-bond acceptors (Lipinski definition) is 5. The van der Waals surface area contributed by atoms with Crippen molar-refractivity contribution in [3.63, 3.8) is 0 Å². The molecule has 0 unspecified atom stereocenters. The zero-order valence-corrected chi connectivity index (χ0v) is 9.53. The number of halogens is 1. The quantitative estimate of drug-likeness (QED) is 0.654. The average Bonchev–Trinajstić information content (AvgIpc) is 2.50. The topological polar surface area (TPSA) is 94.1 Å². The molecule has 1 aromatic heterocycles. The van der Waals surface area contributed by atoms with E-state index in [1.54, 1.807) is 0 Å². The maximum atomic E-state index is 13.4. The summed E-state index contributed by atoms with van der Waals surface area (Å²) in [7, 11) is 0. The van der Waals surface area contributed by atoms with Crippen LogP contribution in [-0.4, -0.2) is 9.91 Å². The minimum Gasteiger partial charge on any atom is -0.378 e. The third-order valence-electron chi connectivity index (χ3n) is 2.19. The van der Waals surface area contributed by atoms with E-state index >= 15 is 0 Å². The number of anilines is 2. The van der Waals surface area contributed by atoms with E-state index in [4.69, 9.17) is 11.2 Å². The number of nitrogens with one attached hydrogen (secondary N) is 1. The van der Waals surface area contributed by atoms with Crippen LogP contribution in [0.2, 0.25) is 0 Å². The number of nitrogen functional groups attached to an aromatic ring is 1. The first kappa shape index (κ1) is 8.41. The van der Waals surface area contributed by atoms with Crippen molar-refractivity contribution in [2.45, 2.75) is 6.54 Å². The van der Waals surface area contributed by atoms with Crippen molar-refractivity contribution in [1.29, 1.82) is 0 Å². The molecule has 0 bridgehead atoms. The maximum absolute atomic E-state index is 13.4. The third-order valence-corrected chi connectivity index (χ3v) is 2.19. The Labute approximate surface area is 113 Å².